The van der Waals surface area contributed by atoms with Gasteiger partial charge in [-0.05, 0) is 43.5 Å². The maximum Gasteiger partial charge on any atom is 0.0662 e. The lowest BCUT2D eigenvalue weighted by molar-refractivity contribution is 0.531. The molecule has 0 radical (unpaired) electrons. The molecule has 18 heavy (non-hydrogen) atoms. The predicted octanol–water partition coefficient (Wildman–Crippen LogP) is 4.46. The van der Waals surface area contributed by atoms with Gasteiger partial charge in [0.2, 0.25) is 0 Å². The molecule has 1 aliphatic carbocycles. The molecule has 0 aliphatic heterocycles. The van der Waals surface area contributed by atoms with E-state index >= 15 is 0 Å². The van der Waals surface area contributed by atoms with Crippen LogP contribution in [0, 0.1) is 0 Å². The Balaban J connectivity index is 2.10. The number of aromatic amines is 1. The third-order valence-corrected chi connectivity index (χ3v) is 4.13. The van der Waals surface area contributed by atoms with Gasteiger partial charge in [0.25, 0.3) is 0 Å². The number of benzene rings is 1. The van der Waals surface area contributed by atoms with Gasteiger partial charge in [-0.1, -0.05) is 30.1 Å². The summed E-state index contributed by atoms with van der Waals surface area (Å²) in [4.78, 5) is 3.45. The van der Waals surface area contributed by atoms with Gasteiger partial charge in [-0.15, -0.1) is 0 Å². The molecule has 96 valence electrons. The van der Waals surface area contributed by atoms with E-state index in [2.05, 4.69) is 17.2 Å². The Bertz CT molecular complexity index is 589. The van der Waals surface area contributed by atoms with Crippen molar-refractivity contribution in [2.75, 3.05) is 6.54 Å². The first-order valence-corrected chi connectivity index (χ1v) is 7.19. The van der Waals surface area contributed by atoms with E-state index in [-0.39, 0.29) is 0 Å². The minimum atomic E-state index is 0.434. The minimum Gasteiger partial charge on any atom is -0.357 e. The molecule has 2 nitrogen and oxygen atoms in total. The summed E-state index contributed by atoms with van der Waals surface area (Å²) in [5.41, 5.74) is 3.69. The fraction of sp³-hybridized carbons (Fsp3) is 0.429. The van der Waals surface area contributed by atoms with Gasteiger partial charge in [-0.3, -0.25) is 0 Å². The van der Waals surface area contributed by atoms with Gasteiger partial charge < -0.3 is 10.3 Å². The minimum absolute atomic E-state index is 0.434. The van der Waals surface area contributed by atoms with E-state index in [0.29, 0.717) is 16.1 Å². The smallest absolute Gasteiger partial charge is 0.0662 e. The fourth-order valence-corrected chi connectivity index (χ4v) is 3.39. The molecule has 0 amide bonds. The van der Waals surface area contributed by atoms with Gasteiger partial charge in [0.15, 0.2) is 0 Å². The van der Waals surface area contributed by atoms with Crippen LogP contribution in [0.15, 0.2) is 12.1 Å². The van der Waals surface area contributed by atoms with E-state index in [9.17, 15) is 0 Å². The Hall–Kier alpha value is -0.700. The molecule has 3 rings (SSSR count). The number of rotatable bonds is 3. The van der Waals surface area contributed by atoms with Crippen molar-refractivity contribution in [2.45, 2.75) is 32.2 Å². The topological polar surface area (TPSA) is 27.8 Å². The molecular weight excluding hydrogens is 267 g/mol. The van der Waals surface area contributed by atoms with Gasteiger partial charge in [0.1, 0.15) is 0 Å². The van der Waals surface area contributed by atoms with E-state index in [0.717, 1.165) is 31.3 Å². The summed E-state index contributed by atoms with van der Waals surface area (Å²) in [5.74, 6) is 0. The molecule has 1 atom stereocenters. The lowest BCUT2D eigenvalue weighted by atomic mass is 10.1. The van der Waals surface area contributed by atoms with E-state index in [1.165, 1.54) is 16.6 Å². The Kier molecular flexibility index (Phi) is 3.27. The van der Waals surface area contributed by atoms with Crippen molar-refractivity contribution in [3.05, 3.63) is 33.4 Å². The summed E-state index contributed by atoms with van der Waals surface area (Å²) < 4.78 is 0. The van der Waals surface area contributed by atoms with Crippen molar-refractivity contribution in [1.29, 1.82) is 0 Å². The van der Waals surface area contributed by atoms with Crippen molar-refractivity contribution in [3.8, 4) is 0 Å². The molecule has 1 unspecified atom stereocenters. The highest BCUT2D eigenvalue weighted by Gasteiger charge is 2.27. The van der Waals surface area contributed by atoms with E-state index < -0.39 is 0 Å². The molecular formula is C14H16Cl2N2. The first kappa shape index (κ1) is 12.3. The third-order valence-electron chi connectivity index (χ3n) is 3.62. The maximum atomic E-state index is 6.24. The highest BCUT2D eigenvalue weighted by molar-refractivity contribution is 6.38. The standard InChI is InChI=1S/C14H16Cl2N2/c1-2-5-17-11-3-4-12-13(11)9-6-8(15)7-10(16)14(9)18-12/h6-7,11,17-18H,2-5H2,1H3. The number of aryl methyl sites for hydroxylation is 1. The summed E-state index contributed by atoms with van der Waals surface area (Å²) in [5, 5.41) is 6.19. The number of halogens is 2. The number of nitrogens with one attached hydrogen (secondary N) is 2. The Morgan fingerprint density at radius 1 is 1.39 bits per heavy atom. The quantitative estimate of drug-likeness (QED) is 0.855. The van der Waals surface area contributed by atoms with Crippen molar-refractivity contribution >= 4 is 34.1 Å². The number of fused-ring (bicyclic) bond motifs is 3. The van der Waals surface area contributed by atoms with Crippen LogP contribution in [-0.4, -0.2) is 11.5 Å². The van der Waals surface area contributed by atoms with Crippen molar-refractivity contribution < 1.29 is 0 Å². The first-order chi connectivity index (χ1) is 8.70. The van der Waals surface area contributed by atoms with E-state index in [4.69, 9.17) is 23.2 Å². The van der Waals surface area contributed by atoms with Gasteiger partial charge >= 0.3 is 0 Å². The van der Waals surface area contributed by atoms with E-state index in [1.807, 2.05) is 6.07 Å². The number of hydrogen-bond donors (Lipinski definition) is 2. The molecule has 1 aliphatic rings. The van der Waals surface area contributed by atoms with Crippen molar-refractivity contribution in [3.63, 3.8) is 0 Å². The SMILES string of the molecule is CCCNC1CCc2[nH]c3c(Cl)cc(Cl)cc3c21. The van der Waals surface area contributed by atoms with Crippen LogP contribution in [0.2, 0.25) is 10.0 Å². The van der Waals surface area contributed by atoms with E-state index in [1.54, 1.807) is 6.07 Å². The van der Waals surface area contributed by atoms with Gasteiger partial charge in [0.05, 0.1) is 10.5 Å². The average Bonchev–Trinajstić information content (AvgIpc) is 2.87. The molecule has 0 spiro atoms. The van der Waals surface area contributed by atoms with Crippen molar-refractivity contribution in [1.82, 2.24) is 10.3 Å². The number of H-pyrrole nitrogens is 1. The molecule has 0 saturated heterocycles. The van der Waals surface area contributed by atoms with Crippen LogP contribution in [0.25, 0.3) is 10.9 Å². The molecule has 0 bridgehead atoms. The second-order valence-corrected chi connectivity index (χ2v) is 5.72. The molecule has 1 heterocycles. The largest absolute Gasteiger partial charge is 0.357 e. The first-order valence-electron chi connectivity index (χ1n) is 6.43. The van der Waals surface area contributed by atoms with Crippen molar-refractivity contribution in [2.24, 2.45) is 0 Å². The molecule has 2 aromatic rings. The summed E-state index contributed by atoms with van der Waals surface area (Å²) >= 11 is 12.4. The van der Waals surface area contributed by atoms with Crippen LogP contribution in [0.1, 0.15) is 37.1 Å². The fourth-order valence-electron chi connectivity index (χ4n) is 2.84. The highest BCUT2D eigenvalue weighted by Crippen LogP contribution is 2.40. The average molecular weight is 283 g/mol. The second-order valence-electron chi connectivity index (χ2n) is 4.87. The van der Waals surface area contributed by atoms with Gasteiger partial charge in [0, 0.05) is 22.1 Å². The van der Waals surface area contributed by atoms with Gasteiger partial charge in [-0.2, -0.15) is 0 Å². The predicted molar refractivity (Wildman–Crippen MR) is 77.7 cm³/mol. The van der Waals surface area contributed by atoms with Crippen LogP contribution in [0.4, 0.5) is 0 Å². The summed E-state index contributed by atoms with van der Waals surface area (Å²) in [6, 6.07) is 4.25. The Morgan fingerprint density at radius 2 is 2.22 bits per heavy atom. The number of hydrogen-bond acceptors (Lipinski definition) is 1. The zero-order chi connectivity index (χ0) is 12.7. The van der Waals surface area contributed by atoms with Crippen LogP contribution in [0.5, 0.6) is 0 Å². The second kappa shape index (κ2) is 4.76. The lowest BCUT2D eigenvalue weighted by Crippen LogP contribution is -2.19. The normalized spacial score (nSPS) is 18.5. The van der Waals surface area contributed by atoms with Crippen LogP contribution in [-0.2, 0) is 6.42 Å². The monoisotopic (exact) mass is 282 g/mol. The zero-order valence-corrected chi connectivity index (χ0v) is 11.8. The van der Waals surface area contributed by atoms with Crippen LogP contribution < -0.4 is 5.32 Å². The highest BCUT2D eigenvalue weighted by atomic mass is 35.5. The zero-order valence-electron chi connectivity index (χ0n) is 10.3. The Labute approximate surface area is 117 Å². The summed E-state index contributed by atoms with van der Waals surface area (Å²) in [6.07, 6.45) is 3.39. The molecule has 2 N–H and O–H groups in total. The third kappa shape index (κ3) is 1.93. The van der Waals surface area contributed by atoms with Crippen LogP contribution in [0.3, 0.4) is 0 Å². The molecule has 0 fully saturated rings. The number of aromatic nitrogens is 1. The molecule has 4 heteroatoms. The lowest BCUT2D eigenvalue weighted by Gasteiger charge is -2.13. The van der Waals surface area contributed by atoms with Crippen LogP contribution >= 0.6 is 23.2 Å². The maximum absolute atomic E-state index is 6.24. The molecule has 1 aromatic carbocycles. The summed E-state index contributed by atoms with van der Waals surface area (Å²) in [7, 11) is 0. The Morgan fingerprint density at radius 3 is 3.00 bits per heavy atom. The molecule has 1 aromatic heterocycles. The summed E-state index contributed by atoms with van der Waals surface area (Å²) in [6.45, 7) is 3.23. The van der Waals surface area contributed by atoms with Gasteiger partial charge in [-0.25, -0.2) is 0 Å². The molecule has 0 saturated carbocycles.